The van der Waals surface area contributed by atoms with Gasteiger partial charge in [0, 0.05) is 4.91 Å². The summed E-state index contributed by atoms with van der Waals surface area (Å²) in [5.74, 6) is 0. The largest absolute Gasteiger partial charge is 0.143 e. The second-order valence-electron chi connectivity index (χ2n) is 3.91. The van der Waals surface area contributed by atoms with Crippen molar-refractivity contribution >= 4 is 23.1 Å². The van der Waals surface area contributed by atoms with E-state index in [4.69, 9.17) is 0 Å². The van der Waals surface area contributed by atoms with Crippen molar-refractivity contribution in [3.63, 3.8) is 0 Å². The van der Waals surface area contributed by atoms with Crippen LogP contribution in [0.3, 0.4) is 0 Å². The lowest BCUT2D eigenvalue weighted by molar-refractivity contribution is 1.24. The molecular formula is C16H16S. The molecule has 2 rings (SSSR count). The van der Waals surface area contributed by atoms with Crippen LogP contribution in [0.2, 0.25) is 0 Å². The summed E-state index contributed by atoms with van der Waals surface area (Å²) < 4.78 is 0. The lowest BCUT2D eigenvalue weighted by Gasteiger charge is -2.10. The molecule has 0 saturated heterocycles. The smallest absolute Gasteiger partial charge is 0.0151 e. The molecule has 1 heteroatoms. The molecule has 17 heavy (non-hydrogen) atoms. The minimum absolute atomic E-state index is 0.984. The highest BCUT2D eigenvalue weighted by atomic mass is 32.1. The van der Waals surface area contributed by atoms with Crippen LogP contribution in [0, 0.1) is 0 Å². The van der Waals surface area contributed by atoms with Gasteiger partial charge in [-0.15, -0.1) is 12.6 Å². The molecular weight excluding hydrogens is 224 g/mol. The molecule has 86 valence electrons. The molecule has 0 nitrogen and oxygen atoms in total. The van der Waals surface area contributed by atoms with Gasteiger partial charge in [0.15, 0.2) is 0 Å². The zero-order valence-corrected chi connectivity index (χ0v) is 10.8. The molecule has 0 unspecified atom stereocenters. The number of allylic oxidation sites excluding steroid dienone is 1. The summed E-state index contributed by atoms with van der Waals surface area (Å²) in [7, 11) is 0. The Morgan fingerprint density at radius 3 is 1.76 bits per heavy atom. The molecule has 0 aromatic heterocycles. The highest BCUT2D eigenvalue weighted by Crippen LogP contribution is 2.31. The van der Waals surface area contributed by atoms with E-state index < -0.39 is 0 Å². The van der Waals surface area contributed by atoms with Crippen LogP contribution in [-0.2, 0) is 0 Å². The van der Waals surface area contributed by atoms with Crippen LogP contribution in [0.4, 0.5) is 0 Å². The quantitative estimate of drug-likeness (QED) is 0.573. The zero-order valence-electron chi connectivity index (χ0n) is 9.93. The van der Waals surface area contributed by atoms with Crippen molar-refractivity contribution in [3.05, 3.63) is 71.8 Å². The summed E-state index contributed by atoms with van der Waals surface area (Å²) in [6.45, 7) is 2.17. The molecule has 0 heterocycles. The topological polar surface area (TPSA) is 0 Å². The van der Waals surface area contributed by atoms with Crippen molar-refractivity contribution in [3.8, 4) is 0 Å². The molecule has 0 fully saturated rings. The molecule has 0 N–H and O–H groups in total. The molecule has 0 bridgehead atoms. The van der Waals surface area contributed by atoms with Crippen LogP contribution in [0.15, 0.2) is 60.7 Å². The third-order valence-corrected chi connectivity index (χ3v) is 3.34. The Morgan fingerprint density at radius 2 is 1.29 bits per heavy atom. The summed E-state index contributed by atoms with van der Waals surface area (Å²) in [5.41, 5.74) is 3.72. The van der Waals surface area contributed by atoms with Crippen molar-refractivity contribution < 1.29 is 0 Å². The summed E-state index contributed by atoms with van der Waals surface area (Å²) in [4.78, 5) is 1.07. The fourth-order valence-electron chi connectivity index (χ4n) is 1.92. The minimum Gasteiger partial charge on any atom is -0.143 e. The van der Waals surface area contributed by atoms with E-state index in [1.807, 2.05) is 24.3 Å². The Labute approximate surface area is 108 Å². The summed E-state index contributed by atoms with van der Waals surface area (Å²) in [6.07, 6.45) is 0.984. The van der Waals surface area contributed by atoms with E-state index >= 15 is 0 Å². The zero-order chi connectivity index (χ0) is 12.1. The number of hydrogen-bond donors (Lipinski definition) is 1. The van der Waals surface area contributed by atoms with Crippen LogP contribution < -0.4 is 0 Å². The lowest BCUT2D eigenvalue weighted by Crippen LogP contribution is -1.86. The number of thiol groups is 1. The first-order valence-corrected chi connectivity index (χ1v) is 6.30. The van der Waals surface area contributed by atoms with E-state index in [-0.39, 0.29) is 0 Å². The van der Waals surface area contributed by atoms with Crippen molar-refractivity contribution in [1.82, 2.24) is 0 Å². The van der Waals surface area contributed by atoms with Gasteiger partial charge in [0.2, 0.25) is 0 Å². The van der Waals surface area contributed by atoms with Crippen LogP contribution in [0.25, 0.3) is 10.5 Å². The lowest BCUT2D eigenvalue weighted by atomic mass is 10.0. The van der Waals surface area contributed by atoms with Crippen molar-refractivity contribution in [2.75, 3.05) is 0 Å². The Balaban J connectivity index is 2.48. The van der Waals surface area contributed by atoms with E-state index in [2.05, 4.69) is 56.0 Å². The van der Waals surface area contributed by atoms with E-state index in [1.54, 1.807) is 0 Å². The second-order valence-corrected chi connectivity index (χ2v) is 4.36. The maximum atomic E-state index is 4.69. The van der Waals surface area contributed by atoms with E-state index in [0.29, 0.717) is 0 Å². The second kappa shape index (κ2) is 5.74. The Kier molecular flexibility index (Phi) is 4.05. The summed E-state index contributed by atoms with van der Waals surface area (Å²) in [5, 5.41) is 0. The first kappa shape index (κ1) is 12.0. The van der Waals surface area contributed by atoms with Crippen molar-refractivity contribution in [2.24, 2.45) is 0 Å². The van der Waals surface area contributed by atoms with E-state index in [0.717, 1.165) is 11.3 Å². The summed E-state index contributed by atoms with van der Waals surface area (Å²) >= 11 is 4.69. The van der Waals surface area contributed by atoms with Gasteiger partial charge < -0.3 is 0 Å². The average molecular weight is 240 g/mol. The van der Waals surface area contributed by atoms with Crippen LogP contribution >= 0.6 is 12.6 Å². The summed E-state index contributed by atoms with van der Waals surface area (Å²) in [6, 6.07) is 20.8. The molecule has 0 saturated carbocycles. The van der Waals surface area contributed by atoms with Gasteiger partial charge in [0.25, 0.3) is 0 Å². The molecule has 0 amide bonds. The number of hydrogen-bond acceptors (Lipinski definition) is 1. The Hall–Kier alpha value is -1.47. The highest BCUT2D eigenvalue weighted by molar-refractivity contribution is 7.90. The first-order valence-electron chi connectivity index (χ1n) is 5.86. The van der Waals surface area contributed by atoms with Crippen LogP contribution in [-0.4, -0.2) is 0 Å². The standard InChI is InChI=1S/C16H16S/c1-2-15(13-9-5-3-6-10-13)16(17)14-11-7-4-8-12-14/h3-12,17H,2H2,1H3/b16-15-. The fourth-order valence-corrected chi connectivity index (χ4v) is 2.35. The molecule has 2 aromatic carbocycles. The van der Waals surface area contributed by atoms with E-state index in [9.17, 15) is 0 Å². The minimum atomic E-state index is 0.984. The van der Waals surface area contributed by atoms with Gasteiger partial charge in [-0.2, -0.15) is 0 Å². The van der Waals surface area contributed by atoms with Gasteiger partial charge in [-0.05, 0) is 23.1 Å². The molecule has 0 aliphatic heterocycles. The van der Waals surface area contributed by atoms with Crippen LogP contribution in [0.1, 0.15) is 24.5 Å². The van der Waals surface area contributed by atoms with Gasteiger partial charge >= 0.3 is 0 Å². The predicted octanol–water partition coefficient (Wildman–Crippen LogP) is 4.89. The molecule has 0 atom stereocenters. The SMILES string of the molecule is CC/C(=C(/S)c1ccccc1)c1ccccc1. The molecule has 2 aromatic rings. The van der Waals surface area contributed by atoms with Crippen molar-refractivity contribution in [1.29, 1.82) is 0 Å². The molecule has 0 spiro atoms. The van der Waals surface area contributed by atoms with Gasteiger partial charge in [0.05, 0.1) is 0 Å². The first-order chi connectivity index (χ1) is 8.33. The Bertz CT molecular complexity index is 498. The molecule has 0 aliphatic carbocycles. The van der Waals surface area contributed by atoms with Crippen LogP contribution in [0.5, 0.6) is 0 Å². The number of rotatable bonds is 3. The van der Waals surface area contributed by atoms with E-state index in [1.165, 1.54) is 16.7 Å². The highest BCUT2D eigenvalue weighted by Gasteiger charge is 2.05. The van der Waals surface area contributed by atoms with Gasteiger partial charge in [-0.3, -0.25) is 0 Å². The molecule has 0 aliphatic rings. The van der Waals surface area contributed by atoms with Gasteiger partial charge in [0.1, 0.15) is 0 Å². The third kappa shape index (κ3) is 2.80. The van der Waals surface area contributed by atoms with Gasteiger partial charge in [-0.1, -0.05) is 67.6 Å². The fraction of sp³-hybridized carbons (Fsp3) is 0.125. The predicted molar refractivity (Wildman–Crippen MR) is 79.0 cm³/mol. The number of benzene rings is 2. The van der Waals surface area contributed by atoms with Crippen molar-refractivity contribution in [2.45, 2.75) is 13.3 Å². The normalized spacial score (nSPS) is 12.1. The monoisotopic (exact) mass is 240 g/mol. The maximum absolute atomic E-state index is 4.69. The maximum Gasteiger partial charge on any atom is 0.0151 e. The average Bonchev–Trinajstić information content (AvgIpc) is 2.42. The Morgan fingerprint density at radius 1 is 0.824 bits per heavy atom. The third-order valence-electron chi connectivity index (χ3n) is 2.81. The van der Waals surface area contributed by atoms with Gasteiger partial charge in [-0.25, -0.2) is 0 Å². The molecule has 0 radical (unpaired) electrons.